The minimum atomic E-state index is -1.50. The quantitative estimate of drug-likeness (QED) is 0.470. The van der Waals surface area contributed by atoms with Gasteiger partial charge >= 0.3 is 6.04 Å². The van der Waals surface area contributed by atoms with E-state index in [1.54, 1.807) is 6.92 Å². The minimum Gasteiger partial charge on any atom is -0.282 e. The van der Waals surface area contributed by atoms with Gasteiger partial charge in [-0.2, -0.15) is 4.39 Å². The van der Waals surface area contributed by atoms with Gasteiger partial charge in [0.15, 0.2) is 0 Å². The second-order valence-electron chi connectivity index (χ2n) is 3.09. The van der Waals surface area contributed by atoms with Crippen LogP contribution < -0.4 is 0 Å². The molecule has 1 unspecified atom stereocenters. The molecule has 13 heavy (non-hydrogen) atoms. The second kappa shape index (κ2) is 3.64. The first-order chi connectivity index (χ1) is 6.02. The zero-order chi connectivity index (χ0) is 10.0. The Hall–Kier alpha value is -1.26. The molecule has 72 valence electrons. The molecule has 0 saturated carbocycles. The number of rotatable bonds is 3. The number of likely N-dealkylation sites (tertiary alicyclic amines) is 1. The summed E-state index contributed by atoms with van der Waals surface area (Å²) in [6.45, 7) is 1.51. The Kier molecular flexibility index (Phi) is 2.75. The van der Waals surface area contributed by atoms with Gasteiger partial charge in [0.25, 0.3) is 0 Å². The van der Waals surface area contributed by atoms with Crippen molar-refractivity contribution in [1.82, 2.24) is 4.90 Å². The zero-order valence-corrected chi connectivity index (χ0v) is 7.25. The molecule has 0 spiro atoms. The van der Waals surface area contributed by atoms with E-state index >= 15 is 0 Å². The van der Waals surface area contributed by atoms with Crippen LogP contribution in [0.15, 0.2) is 0 Å². The van der Waals surface area contributed by atoms with Crippen LogP contribution in [0.2, 0.25) is 0 Å². The van der Waals surface area contributed by atoms with Crippen molar-refractivity contribution in [2.24, 2.45) is 5.92 Å². The highest BCUT2D eigenvalue weighted by Gasteiger charge is 2.35. The van der Waals surface area contributed by atoms with Gasteiger partial charge in [-0.05, 0) is 0 Å². The lowest BCUT2D eigenvalue weighted by atomic mass is 10.1. The molecule has 0 aromatic heterocycles. The van der Waals surface area contributed by atoms with Crippen molar-refractivity contribution >= 4 is 17.9 Å². The zero-order valence-electron chi connectivity index (χ0n) is 7.25. The average molecular weight is 187 g/mol. The summed E-state index contributed by atoms with van der Waals surface area (Å²) in [7, 11) is 0. The van der Waals surface area contributed by atoms with Crippen LogP contribution in [0.4, 0.5) is 4.39 Å². The summed E-state index contributed by atoms with van der Waals surface area (Å²) < 4.78 is 11.8. The Morgan fingerprint density at radius 3 is 2.62 bits per heavy atom. The molecule has 5 heteroatoms. The fraction of sp³-hybridized carbons (Fsp3) is 0.625. The molecule has 1 rings (SSSR count). The Morgan fingerprint density at radius 1 is 1.62 bits per heavy atom. The molecule has 1 aliphatic rings. The molecule has 0 aliphatic carbocycles. The van der Waals surface area contributed by atoms with Gasteiger partial charge in [0, 0.05) is 18.9 Å². The van der Waals surface area contributed by atoms with Gasteiger partial charge in [0.2, 0.25) is 11.8 Å². The van der Waals surface area contributed by atoms with Crippen LogP contribution in [-0.4, -0.2) is 29.3 Å². The average Bonchev–Trinajstić information content (AvgIpc) is 2.24. The number of hydrogen-bond acceptors (Lipinski definition) is 3. The largest absolute Gasteiger partial charge is 0.303 e. The summed E-state index contributed by atoms with van der Waals surface area (Å²) in [6, 6.07) is -1.50. The minimum absolute atomic E-state index is 0.128. The molecule has 1 atom stereocenters. The van der Waals surface area contributed by atoms with Gasteiger partial charge in [-0.3, -0.25) is 19.3 Å². The maximum absolute atomic E-state index is 11.8. The molecular weight excluding hydrogens is 177 g/mol. The topological polar surface area (TPSA) is 54.5 Å². The number of carbonyl (C=O) groups is 3. The normalized spacial score (nSPS) is 22.6. The number of amides is 2. The van der Waals surface area contributed by atoms with Crippen molar-refractivity contribution in [1.29, 1.82) is 0 Å². The first-order valence-corrected chi connectivity index (χ1v) is 4.05. The third-order valence-corrected chi connectivity index (χ3v) is 2.00. The van der Waals surface area contributed by atoms with Gasteiger partial charge in [0.1, 0.15) is 0 Å². The molecule has 1 heterocycles. The van der Waals surface area contributed by atoms with Gasteiger partial charge in [-0.25, -0.2) is 0 Å². The van der Waals surface area contributed by atoms with Crippen molar-refractivity contribution in [2.75, 3.05) is 6.54 Å². The fourth-order valence-corrected chi connectivity index (χ4v) is 1.28. The summed E-state index contributed by atoms with van der Waals surface area (Å²) >= 11 is 0. The molecule has 1 fully saturated rings. The number of hydrogen-bond donors (Lipinski definition) is 0. The van der Waals surface area contributed by atoms with Gasteiger partial charge in [-0.15, -0.1) is 0 Å². The smallest absolute Gasteiger partial charge is 0.282 e. The van der Waals surface area contributed by atoms with Gasteiger partial charge in [0.05, 0.1) is 6.42 Å². The Labute approximate surface area is 74.7 Å². The first-order valence-electron chi connectivity index (χ1n) is 4.05. The molecule has 0 aromatic rings. The summed E-state index contributed by atoms with van der Waals surface area (Å²) in [6.07, 6.45) is -0.233. The van der Waals surface area contributed by atoms with Crippen molar-refractivity contribution < 1.29 is 18.8 Å². The summed E-state index contributed by atoms with van der Waals surface area (Å²) in [5.74, 6) is -0.966. The van der Waals surface area contributed by atoms with Crippen LogP contribution in [0, 0.1) is 5.92 Å². The Bertz CT molecular complexity index is 264. The van der Waals surface area contributed by atoms with Crippen LogP contribution in [0.5, 0.6) is 0 Å². The predicted octanol–water partition coefficient (Wildman–Crippen LogP) is 0.268. The highest BCUT2D eigenvalue weighted by atomic mass is 19.1. The SMILES string of the molecule is CC1CC(=O)N(CCC(=O)F)C1=O. The highest BCUT2D eigenvalue weighted by molar-refractivity contribution is 6.03. The molecule has 0 aromatic carbocycles. The molecule has 0 bridgehead atoms. The third-order valence-electron chi connectivity index (χ3n) is 2.00. The summed E-state index contributed by atoms with van der Waals surface area (Å²) in [4.78, 5) is 33.2. The first kappa shape index (κ1) is 9.83. The Morgan fingerprint density at radius 2 is 2.23 bits per heavy atom. The molecule has 0 N–H and O–H groups in total. The van der Waals surface area contributed by atoms with Crippen molar-refractivity contribution in [3.8, 4) is 0 Å². The second-order valence-corrected chi connectivity index (χ2v) is 3.09. The molecule has 0 radical (unpaired) electrons. The van der Waals surface area contributed by atoms with Crippen LogP contribution >= 0.6 is 0 Å². The lowest BCUT2D eigenvalue weighted by molar-refractivity contribution is -0.140. The predicted molar refractivity (Wildman–Crippen MR) is 41.2 cm³/mol. The van der Waals surface area contributed by atoms with Gasteiger partial charge < -0.3 is 0 Å². The monoisotopic (exact) mass is 187 g/mol. The van der Waals surface area contributed by atoms with Crippen molar-refractivity contribution in [2.45, 2.75) is 19.8 Å². The summed E-state index contributed by atoms with van der Waals surface area (Å²) in [5, 5.41) is 0. The van der Waals surface area contributed by atoms with Crippen LogP contribution in [-0.2, 0) is 14.4 Å². The van der Waals surface area contributed by atoms with Crippen molar-refractivity contribution in [3.05, 3.63) is 0 Å². The van der Waals surface area contributed by atoms with E-state index in [0.29, 0.717) is 0 Å². The fourth-order valence-electron chi connectivity index (χ4n) is 1.28. The van der Waals surface area contributed by atoms with E-state index in [0.717, 1.165) is 4.90 Å². The van der Waals surface area contributed by atoms with E-state index in [1.807, 2.05) is 0 Å². The molecule has 1 saturated heterocycles. The van der Waals surface area contributed by atoms with E-state index in [2.05, 4.69) is 0 Å². The van der Waals surface area contributed by atoms with Crippen molar-refractivity contribution in [3.63, 3.8) is 0 Å². The van der Waals surface area contributed by atoms with E-state index in [1.165, 1.54) is 0 Å². The molecule has 4 nitrogen and oxygen atoms in total. The lowest BCUT2D eigenvalue weighted by Crippen LogP contribution is -2.32. The summed E-state index contributed by atoms with van der Waals surface area (Å²) in [5.41, 5.74) is 0. The number of halogens is 1. The van der Waals surface area contributed by atoms with Crippen LogP contribution in [0.1, 0.15) is 19.8 Å². The maximum Gasteiger partial charge on any atom is 0.303 e. The highest BCUT2D eigenvalue weighted by Crippen LogP contribution is 2.18. The maximum atomic E-state index is 11.8. The van der Waals surface area contributed by atoms with E-state index in [4.69, 9.17) is 0 Å². The third kappa shape index (κ3) is 2.11. The van der Waals surface area contributed by atoms with Crippen LogP contribution in [0.25, 0.3) is 0 Å². The molecule has 2 amide bonds. The van der Waals surface area contributed by atoms with E-state index < -0.39 is 12.5 Å². The van der Waals surface area contributed by atoms with Crippen LogP contribution in [0.3, 0.4) is 0 Å². The van der Waals surface area contributed by atoms with Gasteiger partial charge in [-0.1, -0.05) is 6.92 Å². The number of nitrogens with zero attached hydrogens (tertiary/aromatic N) is 1. The van der Waals surface area contributed by atoms with E-state index in [9.17, 15) is 18.8 Å². The van der Waals surface area contributed by atoms with E-state index in [-0.39, 0.29) is 30.7 Å². The molecular formula is C8H10FNO3. The standard InChI is InChI=1S/C8H10FNO3/c1-5-4-7(12)10(8(5)13)3-2-6(9)11/h5H,2-4H2,1H3. The molecule has 1 aliphatic heterocycles. The Balaban J connectivity index is 2.54. The number of imide groups is 1. The lowest BCUT2D eigenvalue weighted by Gasteiger charge is -2.11. The number of carbonyl (C=O) groups excluding carboxylic acids is 3.